The highest BCUT2D eigenvalue weighted by Crippen LogP contribution is 2.33. The van der Waals surface area contributed by atoms with Crippen LogP contribution in [0, 0.1) is 6.92 Å². The maximum atomic E-state index is 12.0. The smallest absolute Gasteiger partial charge is 0.214 e. The summed E-state index contributed by atoms with van der Waals surface area (Å²) in [5.74, 6) is 2.01. The molecular weight excluding hydrogens is 500 g/mol. The number of aryl methyl sites for hydroxylation is 1. The molecule has 0 unspecified atom stereocenters. The number of hydrogen-bond donors (Lipinski definition) is 4. The minimum absolute atomic E-state index is 0.0447. The van der Waals surface area contributed by atoms with Crippen molar-refractivity contribution < 1.29 is 19.7 Å². The van der Waals surface area contributed by atoms with Crippen molar-refractivity contribution in [1.29, 1.82) is 0 Å². The van der Waals surface area contributed by atoms with Crippen LogP contribution in [0.1, 0.15) is 56.6 Å². The third kappa shape index (κ3) is 7.50. The number of ether oxygens (including phenoxy) is 1. The molecule has 0 saturated carbocycles. The molecule has 0 fully saturated rings. The molecule has 0 spiro atoms. The molecule has 8 nitrogen and oxygen atoms in total. The lowest BCUT2D eigenvalue weighted by molar-refractivity contribution is -0.116. The van der Waals surface area contributed by atoms with Gasteiger partial charge in [-0.25, -0.2) is 9.97 Å². The van der Waals surface area contributed by atoms with E-state index < -0.39 is 0 Å². The number of aliphatic hydroxyl groups excluding tert-OH is 2. The first-order chi connectivity index (χ1) is 18.0. The first-order valence-corrected chi connectivity index (χ1v) is 13.2. The topological polar surface area (TPSA) is 122 Å². The first kappa shape index (κ1) is 29.0. The van der Waals surface area contributed by atoms with Crippen LogP contribution in [0.25, 0.3) is 0 Å². The van der Waals surface area contributed by atoms with Crippen LogP contribution in [0.3, 0.4) is 0 Å². The van der Waals surface area contributed by atoms with Crippen LogP contribution in [-0.2, 0) is 16.8 Å². The average Bonchev–Trinajstić information content (AvgIpc) is 2.87. The Bertz CT molecular complexity index is 1330. The highest BCUT2D eigenvalue weighted by molar-refractivity contribution is 8.02. The van der Waals surface area contributed by atoms with Gasteiger partial charge in [0.25, 0.3) is 0 Å². The number of nitrogens with zero attached hydrogens (tertiary/aromatic N) is 3. The van der Waals surface area contributed by atoms with Crippen molar-refractivity contribution >= 4 is 28.6 Å². The van der Waals surface area contributed by atoms with E-state index in [1.54, 1.807) is 20.0 Å². The lowest BCUT2D eigenvalue weighted by Gasteiger charge is -2.23. The van der Waals surface area contributed by atoms with E-state index in [0.29, 0.717) is 62.6 Å². The van der Waals surface area contributed by atoms with Crippen molar-refractivity contribution in [3.63, 3.8) is 0 Å². The summed E-state index contributed by atoms with van der Waals surface area (Å²) in [6.45, 7) is 9.86. The van der Waals surface area contributed by atoms with Crippen LogP contribution in [-0.4, -0.2) is 43.1 Å². The Morgan fingerprint density at radius 3 is 2.50 bits per heavy atom. The van der Waals surface area contributed by atoms with Gasteiger partial charge in [0.2, 0.25) is 6.41 Å². The Morgan fingerprint density at radius 1 is 1.18 bits per heavy atom. The Kier molecular flexibility index (Phi) is 9.79. The van der Waals surface area contributed by atoms with E-state index in [1.807, 2.05) is 48.5 Å². The number of carbonyl (C=O) groups is 1. The summed E-state index contributed by atoms with van der Waals surface area (Å²) in [6.07, 6.45) is 2.55. The summed E-state index contributed by atoms with van der Waals surface area (Å²) in [5, 5.41) is 21.1. The van der Waals surface area contributed by atoms with E-state index in [2.05, 4.69) is 30.7 Å². The number of para-hydroxylation sites is 1. The fraction of sp³-hybridized carbons (Fsp3) is 0.310. The van der Waals surface area contributed by atoms with Crippen molar-refractivity contribution in [2.75, 3.05) is 12.3 Å². The van der Waals surface area contributed by atoms with Gasteiger partial charge in [-0.05, 0) is 49.1 Å². The molecule has 1 aromatic heterocycles. The highest BCUT2D eigenvalue weighted by atomic mass is 32.1. The number of nitrogens with two attached hydrogens (primary N) is 1. The number of hydrogen-bond acceptors (Lipinski definition) is 6. The summed E-state index contributed by atoms with van der Waals surface area (Å²) in [6, 6.07) is 15.1. The minimum Gasteiger partial charge on any atom is -0.457 e. The quantitative estimate of drug-likeness (QED) is 0.159. The molecule has 2 aromatic carbocycles. The van der Waals surface area contributed by atoms with E-state index in [4.69, 9.17) is 10.5 Å². The zero-order valence-electron chi connectivity index (χ0n) is 22.5. The maximum Gasteiger partial charge on any atom is 0.214 e. The van der Waals surface area contributed by atoms with E-state index in [0.717, 1.165) is 5.56 Å². The standard InChI is InChI=1S/C29H36N4O4S/c1-19(33(18-35)17-21-16-31-20(2)32-27(21)30)26(13-14-34)38-28(36)24-12-11-22(29(3,4)5)15-25(24)37-23-9-7-6-8-10-23/h6-12,15-16,18,34,36,38H,13-14,17H2,1-5H3,(H2,30,31,32)/b26-19-. The van der Waals surface area contributed by atoms with E-state index >= 15 is 0 Å². The number of thiol groups is 1. The number of amides is 1. The molecule has 1 amide bonds. The number of rotatable bonds is 10. The van der Waals surface area contributed by atoms with Crippen LogP contribution >= 0.6 is 11.4 Å². The van der Waals surface area contributed by atoms with Crippen molar-refractivity contribution in [3.8, 4) is 11.5 Å². The molecule has 1 heterocycles. The largest absolute Gasteiger partial charge is 0.457 e. The van der Waals surface area contributed by atoms with Gasteiger partial charge in [0, 0.05) is 35.4 Å². The summed E-state index contributed by atoms with van der Waals surface area (Å²) >= 11 is 0.441. The summed E-state index contributed by atoms with van der Waals surface area (Å²) in [5.41, 5.74) is 8.70. The van der Waals surface area contributed by atoms with Gasteiger partial charge in [0.1, 0.15) is 28.2 Å². The molecule has 4 N–H and O–H groups in total. The Labute approximate surface area is 227 Å². The van der Waals surface area contributed by atoms with Gasteiger partial charge in [0.05, 0.1) is 12.1 Å². The van der Waals surface area contributed by atoms with Gasteiger partial charge < -0.3 is 25.6 Å². The molecule has 9 heteroatoms. The van der Waals surface area contributed by atoms with E-state index in [1.165, 1.54) is 4.90 Å². The second kappa shape index (κ2) is 12.8. The van der Waals surface area contributed by atoms with E-state index in [9.17, 15) is 15.0 Å². The molecular formula is C29H36N4O4S. The lowest BCUT2D eigenvalue weighted by atomic mass is 9.86. The lowest BCUT2D eigenvalue weighted by Crippen LogP contribution is -2.22. The number of carbonyl (C=O) groups excluding carboxylic acids is 1. The van der Waals surface area contributed by atoms with Gasteiger partial charge in [-0.2, -0.15) is 0 Å². The first-order valence-electron chi connectivity index (χ1n) is 12.3. The third-order valence-electron chi connectivity index (χ3n) is 5.98. The molecule has 0 saturated heterocycles. The predicted molar refractivity (Wildman–Crippen MR) is 155 cm³/mol. The molecule has 38 heavy (non-hydrogen) atoms. The molecule has 3 rings (SSSR count). The molecule has 0 aliphatic rings. The molecule has 3 aromatic rings. The summed E-state index contributed by atoms with van der Waals surface area (Å²) < 4.78 is 6.19. The number of aromatic nitrogens is 2. The molecule has 0 atom stereocenters. The van der Waals surface area contributed by atoms with E-state index in [-0.39, 0.29) is 30.0 Å². The number of allylic oxidation sites excluding steroid dienone is 1. The number of benzene rings is 2. The Hall–Kier alpha value is -3.53. The van der Waals surface area contributed by atoms with Gasteiger partial charge in [-0.3, -0.25) is 4.79 Å². The predicted octanol–water partition coefficient (Wildman–Crippen LogP) is 5.23. The van der Waals surface area contributed by atoms with Crippen LogP contribution in [0.15, 0.2) is 65.3 Å². The van der Waals surface area contributed by atoms with Crippen LogP contribution in [0.2, 0.25) is 0 Å². The second-order valence-corrected chi connectivity index (χ2v) is 11.1. The third-order valence-corrected chi connectivity index (χ3v) is 7.25. The van der Waals surface area contributed by atoms with Crippen molar-refractivity contribution in [2.45, 2.75) is 53.0 Å². The number of aliphatic hydroxyl groups is 2. The summed E-state index contributed by atoms with van der Waals surface area (Å²) in [7, 11) is 0. The fourth-order valence-corrected chi connectivity index (χ4v) is 4.77. The zero-order valence-corrected chi connectivity index (χ0v) is 23.4. The maximum absolute atomic E-state index is 12.0. The molecule has 0 radical (unpaired) electrons. The van der Waals surface area contributed by atoms with Crippen molar-refractivity contribution in [2.24, 2.45) is 0 Å². The second-order valence-electron chi connectivity index (χ2n) is 9.88. The van der Waals surface area contributed by atoms with Gasteiger partial charge in [-0.1, -0.05) is 45.0 Å². The van der Waals surface area contributed by atoms with Crippen molar-refractivity contribution in [1.82, 2.24) is 14.9 Å². The van der Waals surface area contributed by atoms with Gasteiger partial charge in [0.15, 0.2) is 0 Å². The monoisotopic (exact) mass is 536 g/mol. The highest BCUT2D eigenvalue weighted by Gasteiger charge is 2.19. The van der Waals surface area contributed by atoms with Crippen LogP contribution in [0.4, 0.5) is 5.82 Å². The van der Waals surface area contributed by atoms with Gasteiger partial charge >= 0.3 is 0 Å². The van der Waals surface area contributed by atoms with Crippen LogP contribution in [0.5, 0.6) is 11.5 Å². The summed E-state index contributed by atoms with van der Waals surface area (Å²) in [4.78, 5) is 22.5. The number of nitrogen functional groups attached to an aromatic ring is 1. The van der Waals surface area contributed by atoms with Gasteiger partial charge in [-0.15, -0.1) is 11.4 Å². The van der Waals surface area contributed by atoms with Crippen LogP contribution < -0.4 is 10.5 Å². The average molecular weight is 537 g/mol. The fourth-order valence-electron chi connectivity index (χ4n) is 3.70. The Balaban J connectivity index is 2.04. The molecule has 0 aliphatic carbocycles. The normalized spacial score (nSPS) is 12.9. The molecule has 0 bridgehead atoms. The zero-order chi connectivity index (χ0) is 27.9. The number of anilines is 1. The van der Waals surface area contributed by atoms with Crippen molar-refractivity contribution in [3.05, 3.63) is 87.8 Å². The molecule has 202 valence electrons. The SMILES string of the molecule is C/C(=C(CCO)/[SH]=C(\O)c1ccc(C(C)(C)C)cc1Oc1ccccc1)N(C=O)Cc1cnc(C)nc1N. The molecule has 0 aliphatic heterocycles. The Morgan fingerprint density at radius 2 is 1.89 bits per heavy atom. The minimum atomic E-state index is -0.147.